The highest BCUT2D eigenvalue weighted by atomic mass is 32.1. The monoisotopic (exact) mass is 560 g/mol. The first-order valence-electron chi connectivity index (χ1n) is 13.2. The molecular formula is C33H28N4O3S. The second-order valence-corrected chi connectivity index (χ2v) is 10.1. The predicted molar refractivity (Wildman–Crippen MR) is 163 cm³/mol. The zero-order valence-corrected chi connectivity index (χ0v) is 23.4. The molecule has 0 saturated carbocycles. The van der Waals surface area contributed by atoms with E-state index in [0.29, 0.717) is 10.7 Å². The molecule has 0 spiro atoms. The number of benzene rings is 3. The summed E-state index contributed by atoms with van der Waals surface area (Å²) in [6.07, 6.45) is 3.80. The lowest BCUT2D eigenvalue weighted by Crippen LogP contribution is -2.30. The Labute approximate surface area is 244 Å². The van der Waals surface area contributed by atoms with E-state index in [1.54, 1.807) is 18.3 Å². The Hall–Kier alpha value is -4.95. The van der Waals surface area contributed by atoms with Crippen LogP contribution < -0.4 is 15.0 Å². The third-order valence-corrected chi connectivity index (χ3v) is 7.50. The van der Waals surface area contributed by atoms with Gasteiger partial charge in [0, 0.05) is 29.5 Å². The number of carbonyl (C=O) groups excluding carboxylic acids is 1. The zero-order chi connectivity index (χ0) is 28.3. The molecule has 0 aliphatic carbocycles. The van der Waals surface area contributed by atoms with Gasteiger partial charge in [-0.1, -0.05) is 24.3 Å². The minimum atomic E-state index is -0.370. The standard InChI is InChI=1S/C33H28N4O3S/c1-22-8-3-4-11-29(22)40-26-18-16-25(17-19-26)37-31(30(35-33(37)41)27-9-5-6-20-34-27)28-10-7-21-36(28)24-14-12-23(13-15-24)32(38)39-2/h3-21,30-31H,1-2H3,(H,35,41)/t30-,31-/m0/s1. The van der Waals surface area contributed by atoms with Crippen LogP contribution in [0.3, 0.4) is 0 Å². The van der Waals surface area contributed by atoms with Gasteiger partial charge in [0.15, 0.2) is 5.11 Å². The molecule has 1 N–H and O–H groups in total. The highest BCUT2D eigenvalue weighted by Gasteiger charge is 2.42. The molecule has 3 heterocycles. The Morgan fingerprint density at radius 2 is 1.61 bits per heavy atom. The lowest BCUT2D eigenvalue weighted by Gasteiger charge is -2.29. The first kappa shape index (κ1) is 26.3. The van der Waals surface area contributed by atoms with Crippen molar-refractivity contribution in [3.8, 4) is 17.2 Å². The molecule has 0 bridgehead atoms. The second-order valence-electron chi connectivity index (χ2n) is 9.70. The van der Waals surface area contributed by atoms with E-state index in [4.69, 9.17) is 21.7 Å². The number of rotatable bonds is 7. The maximum Gasteiger partial charge on any atom is 0.337 e. The van der Waals surface area contributed by atoms with Gasteiger partial charge in [0.25, 0.3) is 0 Å². The van der Waals surface area contributed by atoms with Gasteiger partial charge in [0.05, 0.1) is 24.4 Å². The minimum Gasteiger partial charge on any atom is -0.465 e. The van der Waals surface area contributed by atoms with Gasteiger partial charge < -0.3 is 24.3 Å². The van der Waals surface area contributed by atoms with E-state index in [9.17, 15) is 4.79 Å². The Morgan fingerprint density at radius 1 is 0.878 bits per heavy atom. The minimum absolute atomic E-state index is 0.199. The zero-order valence-electron chi connectivity index (χ0n) is 22.6. The van der Waals surface area contributed by atoms with E-state index in [-0.39, 0.29) is 18.1 Å². The average molecular weight is 561 g/mol. The summed E-state index contributed by atoms with van der Waals surface area (Å²) in [6, 6.07) is 32.8. The van der Waals surface area contributed by atoms with Crippen molar-refractivity contribution in [1.82, 2.24) is 14.9 Å². The normalized spacial score (nSPS) is 16.3. The summed E-state index contributed by atoms with van der Waals surface area (Å²) >= 11 is 5.92. The van der Waals surface area contributed by atoms with Crippen molar-refractivity contribution in [1.29, 1.82) is 0 Å². The third kappa shape index (κ3) is 5.17. The number of hydrogen-bond acceptors (Lipinski definition) is 5. The van der Waals surface area contributed by atoms with Gasteiger partial charge >= 0.3 is 5.97 Å². The highest BCUT2D eigenvalue weighted by molar-refractivity contribution is 7.80. The van der Waals surface area contributed by atoms with Crippen molar-refractivity contribution >= 4 is 29.0 Å². The summed E-state index contributed by atoms with van der Waals surface area (Å²) in [6.45, 7) is 2.03. The predicted octanol–water partition coefficient (Wildman–Crippen LogP) is 6.94. The number of aromatic nitrogens is 2. The van der Waals surface area contributed by atoms with Crippen LogP contribution in [0, 0.1) is 6.92 Å². The Balaban J connectivity index is 1.38. The second kappa shape index (κ2) is 11.3. The molecule has 41 heavy (non-hydrogen) atoms. The van der Waals surface area contributed by atoms with Crippen molar-refractivity contribution in [2.45, 2.75) is 19.0 Å². The molecule has 1 aliphatic heterocycles. The highest BCUT2D eigenvalue weighted by Crippen LogP contribution is 2.42. The molecule has 0 amide bonds. The summed E-state index contributed by atoms with van der Waals surface area (Å²) in [5.74, 6) is 1.20. The molecule has 1 saturated heterocycles. The number of nitrogens with zero attached hydrogens (tertiary/aromatic N) is 3. The largest absolute Gasteiger partial charge is 0.465 e. The fourth-order valence-corrected chi connectivity index (χ4v) is 5.50. The van der Waals surface area contributed by atoms with E-state index >= 15 is 0 Å². The van der Waals surface area contributed by atoms with Gasteiger partial charge in [-0.15, -0.1) is 0 Å². The summed E-state index contributed by atoms with van der Waals surface area (Å²) in [5.41, 5.74) is 5.30. The van der Waals surface area contributed by atoms with Crippen LogP contribution in [0.25, 0.3) is 5.69 Å². The topological polar surface area (TPSA) is 68.6 Å². The Kier molecular flexibility index (Phi) is 7.22. The van der Waals surface area contributed by atoms with Crippen LogP contribution in [0.2, 0.25) is 0 Å². The smallest absolute Gasteiger partial charge is 0.337 e. The first-order valence-corrected chi connectivity index (χ1v) is 13.6. The number of nitrogens with one attached hydrogen (secondary N) is 1. The molecule has 1 fully saturated rings. The number of para-hydroxylation sites is 1. The number of esters is 1. The molecule has 0 unspecified atom stereocenters. The van der Waals surface area contributed by atoms with Gasteiger partial charge in [0.1, 0.15) is 17.5 Å². The van der Waals surface area contributed by atoms with Crippen molar-refractivity contribution < 1.29 is 14.3 Å². The van der Waals surface area contributed by atoms with Crippen molar-refractivity contribution in [2.75, 3.05) is 12.0 Å². The SMILES string of the molecule is COC(=O)c1ccc(-n2cccc2[C@H]2[C@H](c3ccccn3)NC(=S)N2c2ccc(Oc3ccccc3C)cc2)cc1. The molecule has 2 aromatic heterocycles. The van der Waals surface area contributed by atoms with Crippen molar-refractivity contribution in [3.63, 3.8) is 0 Å². The van der Waals surface area contributed by atoms with Crippen LogP contribution >= 0.6 is 12.2 Å². The number of anilines is 1. The number of hydrogen-bond donors (Lipinski definition) is 1. The van der Waals surface area contributed by atoms with Crippen LogP contribution in [0.5, 0.6) is 11.5 Å². The average Bonchev–Trinajstić information content (AvgIpc) is 3.63. The first-order chi connectivity index (χ1) is 20.0. The van der Waals surface area contributed by atoms with Crippen LogP contribution in [-0.4, -0.2) is 27.7 Å². The summed E-state index contributed by atoms with van der Waals surface area (Å²) in [7, 11) is 1.38. The molecule has 6 rings (SSSR count). The van der Waals surface area contributed by atoms with Crippen LogP contribution in [0.15, 0.2) is 116 Å². The summed E-state index contributed by atoms with van der Waals surface area (Å²) in [5, 5.41) is 4.12. The van der Waals surface area contributed by atoms with E-state index in [1.165, 1.54) is 7.11 Å². The van der Waals surface area contributed by atoms with Gasteiger partial charge in [-0.3, -0.25) is 4.98 Å². The van der Waals surface area contributed by atoms with Crippen LogP contribution in [0.1, 0.15) is 39.4 Å². The molecule has 3 aromatic carbocycles. The van der Waals surface area contributed by atoms with Crippen molar-refractivity contribution in [2.24, 2.45) is 0 Å². The molecule has 2 atom stereocenters. The number of pyridine rings is 1. The number of carbonyl (C=O) groups is 1. The lowest BCUT2D eigenvalue weighted by molar-refractivity contribution is 0.0600. The van der Waals surface area contributed by atoms with Crippen LogP contribution in [0.4, 0.5) is 5.69 Å². The molecule has 7 nitrogen and oxygen atoms in total. The number of thiocarbonyl (C=S) groups is 1. The van der Waals surface area contributed by atoms with E-state index in [0.717, 1.165) is 39.8 Å². The molecule has 8 heteroatoms. The number of aryl methyl sites for hydroxylation is 1. The quantitative estimate of drug-likeness (QED) is 0.171. The van der Waals surface area contributed by atoms with E-state index in [2.05, 4.69) is 25.8 Å². The fraction of sp³-hybridized carbons (Fsp3) is 0.121. The number of ether oxygens (including phenoxy) is 2. The van der Waals surface area contributed by atoms with Gasteiger partial charge in [-0.25, -0.2) is 4.79 Å². The van der Waals surface area contributed by atoms with Gasteiger partial charge in [-0.2, -0.15) is 0 Å². The summed E-state index contributed by atoms with van der Waals surface area (Å²) < 4.78 is 13.1. The molecule has 5 aromatic rings. The molecule has 0 radical (unpaired) electrons. The van der Waals surface area contributed by atoms with Crippen LogP contribution in [-0.2, 0) is 4.74 Å². The van der Waals surface area contributed by atoms with Crippen molar-refractivity contribution in [3.05, 3.63) is 138 Å². The maximum atomic E-state index is 12.0. The lowest BCUT2D eigenvalue weighted by atomic mass is 10.0. The fourth-order valence-electron chi connectivity index (χ4n) is 5.15. The summed E-state index contributed by atoms with van der Waals surface area (Å²) in [4.78, 5) is 18.8. The molecule has 204 valence electrons. The third-order valence-electron chi connectivity index (χ3n) is 7.18. The maximum absolute atomic E-state index is 12.0. The van der Waals surface area contributed by atoms with Gasteiger partial charge in [-0.05, 0) is 104 Å². The molecule has 1 aliphatic rings. The van der Waals surface area contributed by atoms with E-state index in [1.807, 2.05) is 98.0 Å². The Morgan fingerprint density at radius 3 is 2.32 bits per heavy atom. The van der Waals surface area contributed by atoms with Gasteiger partial charge in [0.2, 0.25) is 0 Å². The molecular weight excluding hydrogens is 532 g/mol. The number of methoxy groups -OCH3 is 1. The Bertz CT molecular complexity index is 1680. The van der Waals surface area contributed by atoms with E-state index < -0.39 is 0 Å².